The summed E-state index contributed by atoms with van der Waals surface area (Å²) >= 11 is 0. The van der Waals surface area contributed by atoms with E-state index in [1.54, 1.807) is 0 Å². The van der Waals surface area contributed by atoms with Gasteiger partial charge in [0, 0.05) is 12.0 Å². The molecule has 2 aliphatic rings. The first kappa shape index (κ1) is 19.2. The molecule has 1 unspecified atom stereocenters. The molecule has 2 aliphatic carbocycles. The zero-order valence-electron chi connectivity index (χ0n) is 16.4. The van der Waals surface area contributed by atoms with Gasteiger partial charge in [0.15, 0.2) is 8.32 Å². The predicted octanol–water partition coefficient (Wildman–Crippen LogP) is 5.82. The molecule has 3 heteroatoms. The van der Waals surface area contributed by atoms with Gasteiger partial charge in [-0.15, -0.1) is 0 Å². The van der Waals surface area contributed by atoms with E-state index in [9.17, 15) is 4.79 Å². The number of aldehydes is 1. The Morgan fingerprint density at radius 3 is 2.39 bits per heavy atom. The first-order valence-electron chi connectivity index (χ1n) is 9.66. The van der Waals surface area contributed by atoms with Gasteiger partial charge in [-0.05, 0) is 61.1 Å². The summed E-state index contributed by atoms with van der Waals surface area (Å²) in [6.45, 7) is 16.4. The maximum Gasteiger partial charge on any atom is 0.192 e. The first-order valence-corrected chi connectivity index (χ1v) is 12.6. The Balaban J connectivity index is 2.23. The monoisotopic (exact) mass is 338 g/mol. The van der Waals surface area contributed by atoms with Crippen molar-refractivity contribution in [3.05, 3.63) is 0 Å². The van der Waals surface area contributed by atoms with Crippen molar-refractivity contribution in [1.29, 1.82) is 0 Å². The second-order valence-corrected chi connectivity index (χ2v) is 14.7. The molecule has 0 heterocycles. The van der Waals surface area contributed by atoms with Crippen LogP contribution in [-0.4, -0.2) is 20.7 Å². The third-order valence-electron chi connectivity index (χ3n) is 7.48. The highest BCUT2D eigenvalue weighted by molar-refractivity contribution is 6.74. The van der Waals surface area contributed by atoms with Crippen LogP contribution >= 0.6 is 0 Å². The van der Waals surface area contributed by atoms with Gasteiger partial charge >= 0.3 is 0 Å². The van der Waals surface area contributed by atoms with Crippen molar-refractivity contribution >= 4 is 14.6 Å². The van der Waals surface area contributed by atoms with Gasteiger partial charge in [0.25, 0.3) is 0 Å². The average Bonchev–Trinajstić information content (AvgIpc) is 2.44. The Bertz CT molecular complexity index is 426. The Hall–Kier alpha value is -0.153. The minimum atomic E-state index is -1.73. The summed E-state index contributed by atoms with van der Waals surface area (Å²) in [5.74, 6) is 1.38. The van der Waals surface area contributed by atoms with Crippen molar-refractivity contribution in [2.75, 3.05) is 0 Å². The second kappa shape index (κ2) is 6.63. The van der Waals surface area contributed by atoms with Gasteiger partial charge in [-0.3, -0.25) is 0 Å². The van der Waals surface area contributed by atoms with E-state index in [2.05, 4.69) is 47.7 Å². The fraction of sp³-hybridized carbons (Fsp3) is 0.950. The fourth-order valence-corrected chi connectivity index (χ4v) is 6.41. The normalized spacial score (nSPS) is 37.1. The molecule has 5 atom stereocenters. The summed E-state index contributed by atoms with van der Waals surface area (Å²) in [4.78, 5) is 11.4. The molecular weight excluding hydrogens is 300 g/mol. The number of hydrogen-bond donors (Lipinski definition) is 0. The van der Waals surface area contributed by atoms with E-state index in [0.717, 1.165) is 0 Å². The van der Waals surface area contributed by atoms with Crippen molar-refractivity contribution in [2.45, 2.75) is 97.4 Å². The molecule has 134 valence electrons. The predicted molar refractivity (Wildman–Crippen MR) is 100 cm³/mol. The van der Waals surface area contributed by atoms with Gasteiger partial charge in [0.2, 0.25) is 0 Å². The van der Waals surface area contributed by atoms with Crippen LogP contribution in [0.5, 0.6) is 0 Å². The lowest BCUT2D eigenvalue weighted by molar-refractivity contribution is -0.121. The molecule has 2 rings (SSSR count). The third kappa shape index (κ3) is 3.61. The molecule has 0 bridgehead atoms. The minimum Gasteiger partial charge on any atom is -0.414 e. The van der Waals surface area contributed by atoms with E-state index >= 15 is 0 Å². The Kier molecular flexibility index (Phi) is 5.53. The molecule has 0 saturated heterocycles. The SMILES string of the molecule is CC(C=O)[C@H]1CCC[C@H]2[C@@H](O[Si](C)(C)C(C)(C)C)CCC[C@]12C. The fourth-order valence-electron chi connectivity index (χ4n) is 5.01. The van der Waals surface area contributed by atoms with Gasteiger partial charge in [-0.25, -0.2) is 0 Å². The van der Waals surface area contributed by atoms with Gasteiger partial charge in [-0.1, -0.05) is 47.5 Å². The van der Waals surface area contributed by atoms with Gasteiger partial charge in [0.1, 0.15) is 6.29 Å². The van der Waals surface area contributed by atoms with Crippen LogP contribution < -0.4 is 0 Å². The Morgan fingerprint density at radius 2 is 1.83 bits per heavy atom. The van der Waals surface area contributed by atoms with Crippen LogP contribution in [0.3, 0.4) is 0 Å². The molecule has 2 nitrogen and oxygen atoms in total. The summed E-state index contributed by atoms with van der Waals surface area (Å²) in [5, 5.41) is 0.269. The molecule has 0 aliphatic heterocycles. The number of rotatable bonds is 4. The topological polar surface area (TPSA) is 26.3 Å². The van der Waals surface area contributed by atoms with Gasteiger partial charge in [0.05, 0.1) is 0 Å². The Morgan fingerprint density at radius 1 is 1.17 bits per heavy atom. The highest BCUT2D eigenvalue weighted by atomic mass is 28.4. The summed E-state index contributed by atoms with van der Waals surface area (Å²) in [6.07, 6.45) is 9.13. The van der Waals surface area contributed by atoms with E-state index in [1.807, 2.05) is 0 Å². The highest BCUT2D eigenvalue weighted by Gasteiger charge is 2.52. The van der Waals surface area contributed by atoms with Crippen LogP contribution in [0.4, 0.5) is 0 Å². The molecule has 0 amide bonds. The second-order valence-electron chi connectivity index (χ2n) is 9.95. The quantitative estimate of drug-likeness (QED) is 0.477. The van der Waals surface area contributed by atoms with Crippen molar-refractivity contribution in [3.63, 3.8) is 0 Å². The van der Waals surface area contributed by atoms with E-state index < -0.39 is 8.32 Å². The van der Waals surface area contributed by atoms with Crippen molar-refractivity contribution in [1.82, 2.24) is 0 Å². The lowest BCUT2D eigenvalue weighted by Crippen LogP contribution is -2.54. The number of hydrogen-bond acceptors (Lipinski definition) is 2. The molecule has 0 aromatic carbocycles. The number of carbonyl (C=O) groups is 1. The van der Waals surface area contributed by atoms with Crippen LogP contribution in [0.2, 0.25) is 18.1 Å². The van der Waals surface area contributed by atoms with Crippen LogP contribution in [0.15, 0.2) is 0 Å². The van der Waals surface area contributed by atoms with Crippen LogP contribution in [0, 0.1) is 23.2 Å². The van der Waals surface area contributed by atoms with Gasteiger partial charge in [-0.2, -0.15) is 0 Å². The Labute approximate surface area is 144 Å². The summed E-state index contributed by atoms with van der Waals surface area (Å²) in [7, 11) is -1.73. The zero-order chi connectivity index (χ0) is 17.5. The van der Waals surface area contributed by atoms with E-state index in [1.165, 1.54) is 44.8 Å². The number of carbonyl (C=O) groups excluding carboxylic acids is 1. The zero-order valence-corrected chi connectivity index (χ0v) is 17.4. The summed E-state index contributed by atoms with van der Waals surface area (Å²) in [6, 6.07) is 0. The maximum absolute atomic E-state index is 11.4. The van der Waals surface area contributed by atoms with Crippen LogP contribution in [-0.2, 0) is 9.22 Å². The minimum absolute atomic E-state index is 0.189. The third-order valence-corrected chi connectivity index (χ3v) is 12.0. The van der Waals surface area contributed by atoms with E-state index in [0.29, 0.717) is 23.4 Å². The molecule has 2 fully saturated rings. The molecule has 0 aromatic heterocycles. The molecule has 0 N–H and O–H groups in total. The van der Waals surface area contributed by atoms with Crippen molar-refractivity contribution in [3.8, 4) is 0 Å². The number of fused-ring (bicyclic) bond motifs is 1. The smallest absolute Gasteiger partial charge is 0.192 e. The standard InChI is InChI=1S/C20H38O2Si/c1-15(14-21)16-10-8-11-17-18(12-9-13-20(16,17)5)22-23(6,7)19(2,3)4/h14-18H,8-13H2,1-7H3/t15?,16-,17+,18+,20-/m1/s1. The average molecular weight is 339 g/mol. The molecular formula is C20H38O2Si. The largest absolute Gasteiger partial charge is 0.414 e. The molecule has 0 radical (unpaired) electrons. The first-order chi connectivity index (χ1) is 10.5. The lowest BCUT2D eigenvalue weighted by atomic mass is 9.52. The van der Waals surface area contributed by atoms with E-state index in [4.69, 9.17) is 4.43 Å². The van der Waals surface area contributed by atoms with Crippen LogP contribution in [0.25, 0.3) is 0 Å². The molecule has 2 saturated carbocycles. The van der Waals surface area contributed by atoms with E-state index in [-0.39, 0.29) is 11.0 Å². The van der Waals surface area contributed by atoms with Crippen molar-refractivity contribution in [2.24, 2.45) is 23.2 Å². The van der Waals surface area contributed by atoms with Crippen molar-refractivity contribution < 1.29 is 9.22 Å². The molecule has 0 aromatic rings. The summed E-state index contributed by atoms with van der Waals surface area (Å²) < 4.78 is 6.89. The summed E-state index contributed by atoms with van der Waals surface area (Å²) in [5.41, 5.74) is 0.295. The van der Waals surface area contributed by atoms with Gasteiger partial charge < -0.3 is 9.22 Å². The molecule has 23 heavy (non-hydrogen) atoms. The lowest BCUT2D eigenvalue weighted by Gasteiger charge is -2.56. The molecule has 0 spiro atoms. The maximum atomic E-state index is 11.4. The van der Waals surface area contributed by atoms with Crippen LogP contribution in [0.1, 0.15) is 73.1 Å². The highest BCUT2D eigenvalue weighted by Crippen LogP contribution is 2.56.